The van der Waals surface area contributed by atoms with E-state index >= 15 is 0 Å². The van der Waals surface area contributed by atoms with Crippen LogP contribution in [0.2, 0.25) is 0 Å². The Kier molecular flexibility index (Phi) is 5.94. The molecule has 9 nitrogen and oxygen atoms in total. The third-order valence-electron chi connectivity index (χ3n) is 6.75. The molecule has 28 heavy (non-hydrogen) atoms. The lowest BCUT2D eigenvalue weighted by atomic mass is 9.68. The van der Waals surface area contributed by atoms with E-state index in [2.05, 4.69) is 0 Å². The predicted molar refractivity (Wildman–Crippen MR) is 92.7 cm³/mol. The summed E-state index contributed by atoms with van der Waals surface area (Å²) in [4.78, 5) is 37.2. The smallest absolute Gasteiger partial charge is 0.309 e. The van der Waals surface area contributed by atoms with Crippen LogP contribution in [0.25, 0.3) is 0 Å². The minimum Gasteiger partial charge on any atom is -0.456 e. The van der Waals surface area contributed by atoms with Gasteiger partial charge in [0.25, 0.3) is 0 Å². The lowest BCUT2D eigenvalue weighted by molar-refractivity contribution is -0.235. The minimum absolute atomic E-state index is 0.0369. The van der Waals surface area contributed by atoms with Gasteiger partial charge in [-0.05, 0) is 32.1 Å². The molecule has 0 aliphatic heterocycles. The van der Waals surface area contributed by atoms with Gasteiger partial charge in [0.2, 0.25) is 0 Å². The van der Waals surface area contributed by atoms with Gasteiger partial charge in [0.05, 0.1) is 11.8 Å². The number of esters is 1. The van der Waals surface area contributed by atoms with Gasteiger partial charge in [0.15, 0.2) is 6.10 Å². The molecule has 0 aromatic heterocycles. The number of aliphatic hydroxyl groups excluding tert-OH is 5. The number of carbonyl (C=O) groups is 3. The Morgan fingerprint density at radius 2 is 1.46 bits per heavy atom. The summed E-state index contributed by atoms with van der Waals surface area (Å²) in [5.41, 5.74) is -0.699. The number of aliphatic hydroxyl groups is 5. The zero-order chi connectivity index (χ0) is 20.8. The van der Waals surface area contributed by atoms with Gasteiger partial charge in [-0.3, -0.25) is 14.4 Å². The molecule has 0 saturated heterocycles. The van der Waals surface area contributed by atoms with Crippen molar-refractivity contribution in [2.75, 3.05) is 0 Å². The van der Waals surface area contributed by atoms with E-state index in [-0.39, 0.29) is 18.0 Å². The Hall–Kier alpha value is -1.39. The molecule has 158 valence electrons. The third-order valence-corrected chi connectivity index (χ3v) is 6.75. The van der Waals surface area contributed by atoms with Gasteiger partial charge < -0.3 is 30.3 Å². The van der Waals surface area contributed by atoms with Crippen molar-refractivity contribution in [1.29, 1.82) is 0 Å². The summed E-state index contributed by atoms with van der Waals surface area (Å²) >= 11 is 0. The van der Waals surface area contributed by atoms with Crippen molar-refractivity contribution in [3.8, 4) is 0 Å². The van der Waals surface area contributed by atoms with Gasteiger partial charge in [-0.25, -0.2) is 0 Å². The molecule has 0 amide bonds. The number of ether oxygens (including phenoxy) is 1. The highest BCUT2D eigenvalue weighted by Gasteiger charge is 2.54. The first-order valence-corrected chi connectivity index (χ1v) is 9.81. The lowest BCUT2D eigenvalue weighted by Crippen LogP contribution is -2.64. The van der Waals surface area contributed by atoms with Gasteiger partial charge in [-0.15, -0.1) is 0 Å². The van der Waals surface area contributed by atoms with E-state index in [9.17, 15) is 39.9 Å². The second-order valence-corrected chi connectivity index (χ2v) is 8.38. The normalized spacial score (nSPS) is 46.8. The van der Waals surface area contributed by atoms with Gasteiger partial charge in [0.1, 0.15) is 42.1 Å². The van der Waals surface area contributed by atoms with Gasteiger partial charge in [-0.1, -0.05) is 6.92 Å². The van der Waals surface area contributed by atoms with Crippen LogP contribution in [-0.4, -0.2) is 79.7 Å². The van der Waals surface area contributed by atoms with Gasteiger partial charge in [0, 0.05) is 11.8 Å². The van der Waals surface area contributed by atoms with Crippen molar-refractivity contribution in [3.63, 3.8) is 0 Å². The van der Waals surface area contributed by atoms with E-state index in [1.165, 1.54) is 0 Å². The average molecular weight is 400 g/mol. The number of hydrogen-bond acceptors (Lipinski definition) is 9. The number of Topliss-reactive ketones (excluding diaryl/α,β-unsaturated/α-hetero) is 2. The Morgan fingerprint density at radius 3 is 1.93 bits per heavy atom. The maximum atomic E-state index is 12.6. The average Bonchev–Trinajstić information content (AvgIpc) is 2.91. The lowest BCUT2D eigenvalue weighted by Gasteiger charge is -2.42. The molecule has 0 radical (unpaired) electrons. The van der Waals surface area contributed by atoms with Crippen molar-refractivity contribution in [1.82, 2.24) is 0 Å². The molecule has 3 saturated carbocycles. The van der Waals surface area contributed by atoms with Crippen molar-refractivity contribution in [2.24, 2.45) is 17.3 Å². The molecule has 1 spiro atoms. The van der Waals surface area contributed by atoms with Crippen LogP contribution in [0.15, 0.2) is 0 Å². The molecule has 0 aromatic rings. The Bertz CT molecular complexity index is 623. The first-order chi connectivity index (χ1) is 13.1. The molecule has 3 aliphatic carbocycles. The second-order valence-electron chi connectivity index (χ2n) is 8.38. The Morgan fingerprint density at radius 1 is 0.964 bits per heavy atom. The Balaban J connectivity index is 1.62. The van der Waals surface area contributed by atoms with Gasteiger partial charge >= 0.3 is 5.97 Å². The Labute approximate surface area is 162 Å². The molecule has 5 unspecified atom stereocenters. The van der Waals surface area contributed by atoms with Crippen LogP contribution in [0, 0.1) is 17.3 Å². The SMILES string of the molecule is CCC1C(=O)CC2(CCC(C(=O)OC3C(O)C(O)C(O)C(O)C3O)CC2)C1=O. The van der Waals surface area contributed by atoms with Crippen molar-refractivity contribution >= 4 is 17.5 Å². The van der Waals surface area contributed by atoms with E-state index in [1.54, 1.807) is 0 Å². The fraction of sp³-hybridized carbons (Fsp3) is 0.842. The van der Waals surface area contributed by atoms with Crippen LogP contribution in [-0.2, 0) is 19.1 Å². The summed E-state index contributed by atoms with van der Waals surface area (Å²) in [6.07, 6.45) is -8.19. The number of carbonyl (C=O) groups excluding carboxylic acids is 3. The van der Waals surface area contributed by atoms with E-state index < -0.39 is 59.8 Å². The van der Waals surface area contributed by atoms with Crippen LogP contribution in [0.4, 0.5) is 0 Å². The number of hydrogen-bond donors (Lipinski definition) is 5. The summed E-state index contributed by atoms with van der Waals surface area (Å²) in [6.45, 7) is 1.81. The topological polar surface area (TPSA) is 162 Å². The largest absolute Gasteiger partial charge is 0.456 e. The standard InChI is InChI=1S/C19H28O9/c1-2-9-10(20)7-19(17(9)26)5-3-8(4-6-19)18(27)28-16-14(24)12(22)11(21)13(23)15(16)25/h8-9,11-16,21-25H,2-7H2,1H3. The van der Waals surface area contributed by atoms with Crippen LogP contribution in [0.1, 0.15) is 45.4 Å². The first-order valence-electron chi connectivity index (χ1n) is 9.81. The fourth-order valence-corrected chi connectivity index (χ4v) is 4.87. The number of rotatable bonds is 3. The predicted octanol–water partition coefficient (Wildman–Crippen LogP) is -1.54. The zero-order valence-electron chi connectivity index (χ0n) is 15.7. The molecular formula is C19H28O9. The minimum atomic E-state index is -1.76. The molecule has 3 aliphatic rings. The van der Waals surface area contributed by atoms with E-state index in [0.717, 1.165) is 0 Å². The molecule has 0 bridgehead atoms. The molecule has 5 N–H and O–H groups in total. The van der Waals surface area contributed by atoms with Gasteiger partial charge in [-0.2, -0.15) is 0 Å². The zero-order valence-corrected chi connectivity index (χ0v) is 15.7. The molecule has 0 aromatic carbocycles. The highest BCUT2D eigenvalue weighted by atomic mass is 16.6. The van der Waals surface area contributed by atoms with Crippen LogP contribution >= 0.6 is 0 Å². The van der Waals surface area contributed by atoms with Crippen LogP contribution in [0.3, 0.4) is 0 Å². The quantitative estimate of drug-likeness (QED) is 0.279. The highest BCUT2D eigenvalue weighted by molar-refractivity contribution is 6.12. The van der Waals surface area contributed by atoms with Crippen LogP contribution < -0.4 is 0 Å². The molecule has 3 rings (SSSR count). The molecule has 5 atom stereocenters. The summed E-state index contributed by atoms with van der Waals surface area (Å²) in [5, 5.41) is 49.0. The van der Waals surface area contributed by atoms with Crippen molar-refractivity contribution < 1.29 is 44.7 Å². The maximum Gasteiger partial charge on any atom is 0.309 e. The molecule has 3 fully saturated rings. The monoisotopic (exact) mass is 400 g/mol. The summed E-state index contributed by atoms with van der Waals surface area (Å²) in [5.74, 6) is -1.91. The fourth-order valence-electron chi connectivity index (χ4n) is 4.87. The highest BCUT2D eigenvalue weighted by Crippen LogP contribution is 2.49. The van der Waals surface area contributed by atoms with Crippen molar-refractivity contribution in [2.45, 2.75) is 82.1 Å². The first kappa shape index (κ1) is 21.3. The second kappa shape index (κ2) is 7.79. The van der Waals surface area contributed by atoms with E-state index in [0.29, 0.717) is 32.1 Å². The molecule has 0 heterocycles. The number of ketones is 2. The summed E-state index contributed by atoms with van der Waals surface area (Å²) in [7, 11) is 0. The van der Waals surface area contributed by atoms with Crippen LogP contribution in [0.5, 0.6) is 0 Å². The van der Waals surface area contributed by atoms with E-state index in [4.69, 9.17) is 4.74 Å². The van der Waals surface area contributed by atoms with Crippen molar-refractivity contribution in [3.05, 3.63) is 0 Å². The van der Waals surface area contributed by atoms with E-state index in [1.807, 2.05) is 6.92 Å². The third kappa shape index (κ3) is 3.39. The maximum absolute atomic E-state index is 12.6. The summed E-state index contributed by atoms with van der Waals surface area (Å²) < 4.78 is 5.16. The molecular weight excluding hydrogens is 372 g/mol. The molecule has 9 heteroatoms. The summed E-state index contributed by atoms with van der Waals surface area (Å²) in [6, 6.07) is 0.